The molecule has 0 saturated carbocycles. The molecular formula is C18H17ClN4S. The fraction of sp³-hybridized carbons (Fsp3) is 0.111. The van der Waals surface area contributed by atoms with Gasteiger partial charge >= 0.3 is 0 Å². The van der Waals surface area contributed by atoms with Crippen molar-refractivity contribution in [2.75, 3.05) is 11.1 Å². The quantitative estimate of drug-likeness (QED) is 0.498. The van der Waals surface area contributed by atoms with E-state index in [1.165, 1.54) is 5.56 Å². The van der Waals surface area contributed by atoms with Crippen molar-refractivity contribution in [2.24, 2.45) is 0 Å². The number of hydrogen-bond acceptors (Lipinski definition) is 5. The smallest absolute Gasteiger partial charge is 0.189 e. The molecule has 2 aromatic carbocycles. The maximum atomic E-state index is 6.13. The summed E-state index contributed by atoms with van der Waals surface area (Å²) in [6.07, 6.45) is 1.76. The van der Waals surface area contributed by atoms with Crippen molar-refractivity contribution < 1.29 is 0 Å². The van der Waals surface area contributed by atoms with Crippen LogP contribution in [0.5, 0.6) is 0 Å². The van der Waals surface area contributed by atoms with Gasteiger partial charge in [0.15, 0.2) is 5.16 Å². The van der Waals surface area contributed by atoms with Crippen molar-refractivity contribution in [3.63, 3.8) is 0 Å². The maximum Gasteiger partial charge on any atom is 0.189 e. The molecule has 3 rings (SSSR count). The number of benzene rings is 2. The molecule has 0 aliphatic carbocycles. The third-order valence-corrected chi connectivity index (χ3v) is 4.69. The second-order valence-corrected chi connectivity index (χ2v) is 6.52. The van der Waals surface area contributed by atoms with Gasteiger partial charge in [0.1, 0.15) is 5.82 Å². The minimum absolute atomic E-state index is 0.486. The van der Waals surface area contributed by atoms with Gasteiger partial charge in [0.2, 0.25) is 0 Å². The van der Waals surface area contributed by atoms with Crippen LogP contribution >= 0.6 is 23.4 Å². The summed E-state index contributed by atoms with van der Waals surface area (Å²) in [6, 6.07) is 17.8. The first-order valence-electron chi connectivity index (χ1n) is 7.49. The average molecular weight is 357 g/mol. The number of halogens is 1. The zero-order valence-corrected chi connectivity index (χ0v) is 14.5. The van der Waals surface area contributed by atoms with E-state index in [1.807, 2.05) is 42.5 Å². The minimum Gasteiger partial charge on any atom is -0.383 e. The van der Waals surface area contributed by atoms with Crippen LogP contribution in [0.1, 0.15) is 11.1 Å². The molecule has 3 aromatic rings. The predicted molar refractivity (Wildman–Crippen MR) is 101 cm³/mol. The molecule has 0 aliphatic rings. The van der Waals surface area contributed by atoms with Gasteiger partial charge in [-0.2, -0.15) is 0 Å². The molecule has 1 aromatic heterocycles. The topological polar surface area (TPSA) is 63.8 Å². The Labute approximate surface area is 150 Å². The molecule has 0 bridgehead atoms. The second kappa shape index (κ2) is 8.04. The Kier molecular flexibility index (Phi) is 5.56. The SMILES string of the molecule is Nc1nc(SCc2ccccc2)ncc1CNc1ccccc1Cl. The highest BCUT2D eigenvalue weighted by Gasteiger charge is 2.06. The summed E-state index contributed by atoms with van der Waals surface area (Å²) in [6.45, 7) is 0.527. The summed E-state index contributed by atoms with van der Waals surface area (Å²) in [5.74, 6) is 1.30. The number of aromatic nitrogens is 2. The second-order valence-electron chi connectivity index (χ2n) is 5.17. The van der Waals surface area contributed by atoms with E-state index in [4.69, 9.17) is 17.3 Å². The van der Waals surface area contributed by atoms with Gasteiger partial charge in [-0.25, -0.2) is 9.97 Å². The van der Waals surface area contributed by atoms with Crippen LogP contribution < -0.4 is 11.1 Å². The molecule has 24 heavy (non-hydrogen) atoms. The van der Waals surface area contributed by atoms with Crippen LogP contribution in [0.4, 0.5) is 11.5 Å². The molecule has 0 spiro atoms. The number of hydrogen-bond donors (Lipinski definition) is 2. The zero-order chi connectivity index (χ0) is 16.8. The number of anilines is 2. The van der Waals surface area contributed by atoms with Crippen molar-refractivity contribution in [1.29, 1.82) is 0 Å². The highest BCUT2D eigenvalue weighted by atomic mass is 35.5. The van der Waals surface area contributed by atoms with Crippen LogP contribution in [-0.4, -0.2) is 9.97 Å². The molecule has 122 valence electrons. The summed E-state index contributed by atoms with van der Waals surface area (Å²) in [5, 5.41) is 4.60. The third-order valence-electron chi connectivity index (χ3n) is 3.43. The molecule has 0 atom stereocenters. The van der Waals surface area contributed by atoms with E-state index >= 15 is 0 Å². The standard InChI is InChI=1S/C18H17ClN4S/c19-15-8-4-5-9-16(15)21-10-14-11-22-18(23-17(14)20)24-12-13-6-2-1-3-7-13/h1-9,11,21H,10,12H2,(H2,20,22,23). The van der Waals surface area contributed by atoms with E-state index in [-0.39, 0.29) is 0 Å². The van der Waals surface area contributed by atoms with Crippen molar-refractivity contribution in [3.8, 4) is 0 Å². The lowest BCUT2D eigenvalue weighted by Crippen LogP contribution is -2.06. The first kappa shape index (κ1) is 16.6. The normalized spacial score (nSPS) is 10.5. The summed E-state index contributed by atoms with van der Waals surface area (Å²) in [5.41, 5.74) is 8.99. The molecule has 0 radical (unpaired) electrons. The molecule has 0 fully saturated rings. The molecule has 3 N–H and O–H groups in total. The van der Waals surface area contributed by atoms with Gasteiger partial charge in [-0.1, -0.05) is 65.8 Å². The first-order valence-corrected chi connectivity index (χ1v) is 8.85. The molecule has 0 saturated heterocycles. The van der Waals surface area contributed by atoms with E-state index in [9.17, 15) is 0 Å². The van der Waals surface area contributed by atoms with Crippen molar-refractivity contribution in [2.45, 2.75) is 17.5 Å². The lowest BCUT2D eigenvalue weighted by molar-refractivity contribution is 0.938. The summed E-state index contributed by atoms with van der Waals surface area (Å²) in [4.78, 5) is 8.77. The number of para-hydroxylation sites is 1. The molecule has 1 heterocycles. The van der Waals surface area contributed by atoms with E-state index in [1.54, 1.807) is 18.0 Å². The highest BCUT2D eigenvalue weighted by molar-refractivity contribution is 7.98. The van der Waals surface area contributed by atoms with E-state index in [0.29, 0.717) is 22.5 Å². The Morgan fingerprint density at radius 2 is 1.79 bits per heavy atom. The number of nitrogens with zero attached hydrogens (tertiary/aromatic N) is 2. The highest BCUT2D eigenvalue weighted by Crippen LogP contribution is 2.23. The molecule has 6 heteroatoms. The number of rotatable bonds is 6. The van der Waals surface area contributed by atoms with Crippen LogP contribution in [0.15, 0.2) is 66.0 Å². The monoisotopic (exact) mass is 356 g/mol. The van der Waals surface area contributed by atoms with Gasteiger partial charge in [0, 0.05) is 24.1 Å². The lowest BCUT2D eigenvalue weighted by Gasteiger charge is -2.10. The predicted octanol–water partition coefficient (Wildman–Crippen LogP) is 4.62. The molecule has 0 amide bonds. The van der Waals surface area contributed by atoms with Crippen molar-refractivity contribution >= 4 is 34.9 Å². The summed E-state index contributed by atoms with van der Waals surface area (Å²) in [7, 11) is 0. The van der Waals surface area contributed by atoms with E-state index < -0.39 is 0 Å². The van der Waals surface area contributed by atoms with Crippen LogP contribution in [-0.2, 0) is 12.3 Å². The molecule has 0 aliphatic heterocycles. The number of nitrogen functional groups attached to an aromatic ring is 1. The average Bonchev–Trinajstić information content (AvgIpc) is 2.61. The van der Waals surface area contributed by atoms with Crippen molar-refractivity contribution in [1.82, 2.24) is 9.97 Å². The van der Waals surface area contributed by atoms with Gasteiger partial charge in [-0.05, 0) is 17.7 Å². The zero-order valence-electron chi connectivity index (χ0n) is 12.9. The van der Waals surface area contributed by atoms with E-state index in [0.717, 1.165) is 17.0 Å². The molecular weight excluding hydrogens is 340 g/mol. The van der Waals surface area contributed by atoms with Crippen LogP contribution in [0.25, 0.3) is 0 Å². The van der Waals surface area contributed by atoms with Gasteiger partial charge in [0.05, 0.1) is 10.7 Å². The Bertz CT molecular complexity index is 811. The largest absolute Gasteiger partial charge is 0.383 e. The van der Waals surface area contributed by atoms with Gasteiger partial charge in [-0.3, -0.25) is 0 Å². The molecule has 4 nitrogen and oxygen atoms in total. The summed E-state index contributed by atoms with van der Waals surface area (Å²) < 4.78 is 0. The minimum atomic E-state index is 0.486. The fourth-order valence-corrected chi connectivity index (χ4v) is 3.11. The van der Waals surface area contributed by atoms with Crippen molar-refractivity contribution in [3.05, 3.63) is 76.9 Å². The van der Waals surface area contributed by atoms with Gasteiger partial charge < -0.3 is 11.1 Å². The molecule has 0 unspecified atom stereocenters. The third kappa shape index (κ3) is 4.40. The van der Waals surface area contributed by atoms with Crippen LogP contribution in [0.3, 0.4) is 0 Å². The number of nitrogens with two attached hydrogens (primary N) is 1. The first-order chi connectivity index (χ1) is 11.7. The van der Waals surface area contributed by atoms with Crippen LogP contribution in [0, 0.1) is 0 Å². The maximum absolute atomic E-state index is 6.13. The summed E-state index contributed by atoms with van der Waals surface area (Å²) >= 11 is 7.70. The Morgan fingerprint density at radius 1 is 1.04 bits per heavy atom. The van der Waals surface area contributed by atoms with Crippen LogP contribution in [0.2, 0.25) is 5.02 Å². The van der Waals surface area contributed by atoms with Gasteiger partial charge in [0.25, 0.3) is 0 Å². The Balaban J connectivity index is 1.61. The number of nitrogens with one attached hydrogen (secondary N) is 1. The van der Waals surface area contributed by atoms with E-state index in [2.05, 4.69) is 27.4 Å². The Morgan fingerprint density at radius 3 is 2.54 bits per heavy atom. The number of thioether (sulfide) groups is 1. The van der Waals surface area contributed by atoms with Gasteiger partial charge in [-0.15, -0.1) is 0 Å². The fourth-order valence-electron chi connectivity index (χ4n) is 2.13. The Hall–Kier alpha value is -2.24. The lowest BCUT2D eigenvalue weighted by atomic mass is 10.2.